The molecular formula is C8H6BrClO2. The van der Waals surface area contributed by atoms with Crippen LogP contribution in [0.1, 0.15) is 0 Å². The number of rotatable bonds is 3. The molecule has 0 saturated heterocycles. The van der Waals surface area contributed by atoms with Crippen LogP contribution in [-0.4, -0.2) is 11.8 Å². The number of hydrogen-bond donors (Lipinski definition) is 0. The first kappa shape index (κ1) is 9.55. The highest BCUT2D eigenvalue weighted by molar-refractivity contribution is 9.10. The molecule has 64 valence electrons. The van der Waals surface area contributed by atoms with E-state index in [1.165, 1.54) is 0 Å². The Morgan fingerprint density at radius 2 is 2.00 bits per heavy atom. The average Bonchev–Trinajstić information content (AvgIpc) is 2.03. The molecule has 0 aromatic heterocycles. The van der Waals surface area contributed by atoms with E-state index in [9.17, 15) is 4.79 Å². The molecule has 12 heavy (non-hydrogen) atoms. The minimum atomic E-state index is -0.502. The van der Waals surface area contributed by atoms with Crippen molar-refractivity contribution in [2.45, 2.75) is 0 Å². The van der Waals surface area contributed by atoms with E-state index < -0.39 is 5.24 Å². The summed E-state index contributed by atoms with van der Waals surface area (Å²) in [5.41, 5.74) is 0. The zero-order valence-electron chi connectivity index (χ0n) is 6.09. The van der Waals surface area contributed by atoms with Crippen LogP contribution in [0.3, 0.4) is 0 Å². The van der Waals surface area contributed by atoms with Gasteiger partial charge in [0, 0.05) is 4.47 Å². The molecule has 2 nitrogen and oxygen atoms in total. The molecule has 1 rings (SSSR count). The van der Waals surface area contributed by atoms with Gasteiger partial charge in [-0.3, -0.25) is 4.79 Å². The quantitative estimate of drug-likeness (QED) is 0.770. The molecule has 0 bridgehead atoms. The molecule has 0 aliphatic carbocycles. The van der Waals surface area contributed by atoms with E-state index in [4.69, 9.17) is 16.3 Å². The highest BCUT2D eigenvalue weighted by Gasteiger charge is 1.97. The van der Waals surface area contributed by atoms with Crippen LogP contribution in [-0.2, 0) is 4.79 Å². The van der Waals surface area contributed by atoms with Crippen molar-refractivity contribution in [3.63, 3.8) is 0 Å². The first-order valence-corrected chi connectivity index (χ1v) is 4.42. The SMILES string of the molecule is O=C(Cl)COc1ccc(Br)cc1. The van der Waals surface area contributed by atoms with Crippen LogP contribution >= 0.6 is 27.5 Å². The average molecular weight is 249 g/mol. The van der Waals surface area contributed by atoms with Crippen LogP contribution in [0.2, 0.25) is 0 Å². The van der Waals surface area contributed by atoms with Crippen LogP contribution in [0, 0.1) is 0 Å². The number of benzene rings is 1. The minimum Gasteiger partial charge on any atom is -0.484 e. The summed E-state index contributed by atoms with van der Waals surface area (Å²) in [6.07, 6.45) is 0. The predicted molar refractivity (Wildman–Crippen MR) is 50.5 cm³/mol. The number of halogens is 2. The lowest BCUT2D eigenvalue weighted by Gasteiger charge is -2.01. The van der Waals surface area contributed by atoms with Gasteiger partial charge in [0.2, 0.25) is 0 Å². The third kappa shape index (κ3) is 3.24. The number of carbonyl (C=O) groups excluding carboxylic acids is 1. The Labute approximate surface area is 83.6 Å². The van der Waals surface area contributed by atoms with E-state index >= 15 is 0 Å². The normalized spacial score (nSPS) is 9.50. The summed E-state index contributed by atoms with van der Waals surface area (Å²) < 4.78 is 5.98. The van der Waals surface area contributed by atoms with Gasteiger partial charge in [-0.25, -0.2) is 0 Å². The first-order valence-electron chi connectivity index (χ1n) is 3.25. The van der Waals surface area contributed by atoms with Crippen LogP contribution in [0.25, 0.3) is 0 Å². The Kier molecular flexibility index (Phi) is 3.56. The van der Waals surface area contributed by atoms with Crippen molar-refractivity contribution in [2.75, 3.05) is 6.61 Å². The summed E-state index contributed by atoms with van der Waals surface area (Å²) in [7, 11) is 0. The number of ether oxygens (including phenoxy) is 1. The van der Waals surface area contributed by atoms with Crippen molar-refractivity contribution in [1.29, 1.82) is 0 Å². The molecule has 0 N–H and O–H groups in total. The maximum absolute atomic E-state index is 10.3. The van der Waals surface area contributed by atoms with Crippen molar-refractivity contribution >= 4 is 32.8 Å². The van der Waals surface area contributed by atoms with E-state index in [2.05, 4.69) is 15.9 Å². The summed E-state index contributed by atoms with van der Waals surface area (Å²) in [6.45, 7) is -0.0941. The van der Waals surface area contributed by atoms with Gasteiger partial charge in [0.1, 0.15) is 5.75 Å². The smallest absolute Gasteiger partial charge is 0.259 e. The predicted octanol–water partition coefficient (Wildman–Crippen LogP) is 2.59. The second-order valence-electron chi connectivity index (χ2n) is 2.10. The maximum atomic E-state index is 10.3. The van der Waals surface area contributed by atoms with Crippen molar-refractivity contribution in [1.82, 2.24) is 0 Å². The lowest BCUT2D eigenvalue weighted by Crippen LogP contribution is -2.03. The van der Waals surface area contributed by atoms with Gasteiger partial charge in [0.25, 0.3) is 5.24 Å². The van der Waals surface area contributed by atoms with Gasteiger partial charge in [-0.1, -0.05) is 15.9 Å². The zero-order valence-corrected chi connectivity index (χ0v) is 8.43. The maximum Gasteiger partial charge on any atom is 0.259 e. The Morgan fingerprint density at radius 1 is 1.42 bits per heavy atom. The van der Waals surface area contributed by atoms with Gasteiger partial charge in [-0.15, -0.1) is 0 Å². The lowest BCUT2D eigenvalue weighted by atomic mass is 10.3. The van der Waals surface area contributed by atoms with E-state index in [1.54, 1.807) is 12.1 Å². The molecule has 0 unspecified atom stereocenters. The summed E-state index contributed by atoms with van der Waals surface area (Å²) in [6, 6.07) is 7.16. The molecule has 0 amide bonds. The Morgan fingerprint density at radius 3 is 2.50 bits per heavy atom. The molecule has 4 heteroatoms. The van der Waals surface area contributed by atoms with Crippen LogP contribution in [0.5, 0.6) is 5.75 Å². The van der Waals surface area contributed by atoms with E-state index in [-0.39, 0.29) is 6.61 Å². The molecule has 0 atom stereocenters. The Bertz CT molecular complexity index is 271. The van der Waals surface area contributed by atoms with Crippen molar-refractivity contribution in [3.8, 4) is 5.75 Å². The van der Waals surface area contributed by atoms with Gasteiger partial charge in [0.05, 0.1) is 0 Å². The van der Waals surface area contributed by atoms with E-state index in [0.717, 1.165) is 4.47 Å². The second-order valence-corrected chi connectivity index (χ2v) is 3.43. The summed E-state index contributed by atoms with van der Waals surface area (Å²) >= 11 is 8.36. The highest BCUT2D eigenvalue weighted by Crippen LogP contribution is 2.15. The molecule has 0 heterocycles. The molecule has 0 spiro atoms. The zero-order chi connectivity index (χ0) is 8.97. The van der Waals surface area contributed by atoms with Gasteiger partial charge >= 0.3 is 0 Å². The van der Waals surface area contributed by atoms with E-state index in [1.807, 2.05) is 12.1 Å². The number of hydrogen-bond acceptors (Lipinski definition) is 2. The van der Waals surface area contributed by atoms with Gasteiger partial charge in [-0.05, 0) is 35.9 Å². The van der Waals surface area contributed by atoms with Crippen molar-refractivity contribution in [3.05, 3.63) is 28.7 Å². The molecule has 1 aromatic rings. The molecule has 0 aliphatic heterocycles. The lowest BCUT2D eigenvalue weighted by molar-refractivity contribution is -0.113. The first-order chi connectivity index (χ1) is 5.68. The Hall–Kier alpha value is -0.540. The van der Waals surface area contributed by atoms with Crippen molar-refractivity contribution in [2.24, 2.45) is 0 Å². The summed E-state index contributed by atoms with van der Waals surface area (Å²) in [5.74, 6) is 0.632. The number of carbonyl (C=O) groups is 1. The van der Waals surface area contributed by atoms with E-state index in [0.29, 0.717) is 5.75 Å². The molecular weight excluding hydrogens is 243 g/mol. The van der Waals surface area contributed by atoms with Gasteiger partial charge in [-0.2, -0.15) is 0 Å². The third-order valence-electron chi connectivity index (χ3n) is 1.17. The fourth-order valence-electron chi connectivity index (χ4n) is 0.671. The fourth-order valence-corrected chi connectivity index (χ4v) is 0.990. The summed E-state index contributed by atoms with van der Waals surface area (Å²) in [5, 5.41) is -0.502. The Balaban J connectivity index is 2.53. The molecule has 0 fully saturated rings. The second kappa shape index (κ2) is 4.48. The van der Waals surface area contributed by atoms with Gasteiger partial charge in [0.15, 0.2) is 6.61 Å². The van der Waals surface area contributed by atoms with Crippen LogP contribution in [0.15, 0.2) is 28.7 Å². The van der Waals surface area contributed by atoms with Crippen molar-refractivity contribution < 1.29 is 9.53 Å². The van der Waals surface area contributed by atoms with Crippen LogP contribution < -0.4 is 4.74 Å². The third-order valence-corrected chi connectivity index (χ3v) is 1.80. The van der Waals surface area contributed by atoms with Crippen LogP contribution in [0.4, 0.5) is 0 Å². The standard InChI is InChI=1S/C8H6BrClO2/c9-6-1-3-7(4-2-6)12-5-8(10)11/h1-4H,5H2. The largest absolute Gasteiger partial charge is 0.484 e. The molecule has 0 saturated carbocycles. The monoisotopic (exact) mass is 248 g/mol. The molecule has 1 aromatic carbocycles. The topological polar surface area (TPSA) is 26.3 Å². The highest BCUT2D eigenvalue weighted by atomic mass is 79.9. The van der Waals surface area contributed by atoms with Gasteiger partial charge < -0.3 is 4.74 Å². The molecule has 0 aliphatic rings. The fraction of sp³-hybridized carbons (Fsp3) is 0.125. The minimum absolute atomic E-state index is 0.0941. The molecule has 0 radical (unpaired) electrons. The summed E-state index contributed by atoms with van der Waals surface area (Å²) in [4.78, 5) is 10.3.